The lowest BCUT2D eigenvalue weighted by atomic mass is 9.93. The molecule has 3 aliphatic heterocycles. The number of likely N-dealkylation sites (tertiary alicyclic amines) is 1. The summed E-state index contributed by atoms with van der Waals surface area (Å²) >= 11 is 0. The molecule has 3 rings (SSSR count). The molecule has 0 saturated carbocycles. The highest BCUT2D eigenvalue weighted by Crippen LogP contribution is 2.31. The Balaban J connectivity index is 1.60. The quantitative estimate of drug-likeness (QED) is 0.811. The molecule has 2 unspecified atom stereocenters. The Morgan fingerprint density at radius 2 is 1.63 bits per heavy atom. The Morgan fingerprint density at radius 1 is 1.05 bits per heavy atom. The molecule has 0 aromatic rings. The first-order valence-corrected chi connectivity index (χ1v) is 7.93. The van der Waals surface area contributed by atoms with Gasteiger partial charge in [0.25, 0.3) is 0 Å². The van der Waals surface area contributed by atoms with Gasteiger partial charge in [0.05, 0.1) is 0 Å². The number of amides is 1. The topological polar surface area (TPSA) is 35.6 Å². The molecule has 3 saturated heterocycles. The second-order valence-electron chi connectivity index (χ2n) is 6.69. The monoisotopic (exact) mass is 265 g/mol. The number of nitrogens with zero attached hydrogens (tertiary/aromatic N) is 2. The van der Waals surface area contributed by atoms with Gasteiger partial charge in [-0.1, -0.05) is 0 Å². The van der Waals surface area contributed by atoms with Gasteiger partial charge in [0.2, 0.25) is 5.91 Å². The summed E-state index contributed by atoms with van der Waals surface area (Å²) in [6.07, 6.45) is 4.52. The van der Waals surface area contributed by atoms with E-state index in [0.717, 1.165) is 39.0 Å². The number of fused-ring (bicyclic) bond motifs is 2. The lowest BCUT2D eigenvalue weighted by Gasteiger charge is -2.40. The van der Waals surface area contributed by atoms with Crippen molar-refractivity contribution in [1.82, 2.24) is 15.1 Å². The minimum absolute atomic E-state index is 0.288. The van der Waals surface area contributed by atoms with Gasteiger partial charge in [0, 0.05) is 37.1 Å². The highest BCUT2D eigenvalue weighted by molar-refractivity contribution is 5.80. The summed E-state index contributed by atoms with van der Waals surface area (Å²) in [7, 11) is 0. The van der Waals surface area contributed by atoms with E-state index < -0.39 is 0 Å². The van der Waals surface area contributed by atoms with Crippen LogP contribution < -0.4 is 5.32 Å². The third-order valence-corrected chi connectivity index (χ3v) is 5.24. The summed E-state index contributed by atoms with van der Waals surface area (Å²) in [5.41, 5.74) is 0. The number of piperidine rings is 1. The summed E-state index contributed by atoms with van der Waals surface area (Å²) in [4.78, 5) is 17.5. The van der Waals surface area contributed by atoms with Crippen molar-refractivity contribution in [2.24, 2.45) is 5.92 Å². The molecule has 3 fully saturated rings. The van der Waals surface area contributed by atoms with Crippen LogP contribution in [0.3, 0.4) is 0 Å². The number of hydrogen-bond acceptors (Lipinski definition) is 3. The second-order valence-corrected chi connectivity index (χ2v) is 6.69. The predicted octanol–water partition coefficient (Wildman–Crippen LogP) is 1.07. The maximum absolute atomic E-state index is 12.8. The third kappa shape index (κ3) is 2.52. The zero-order chi connectivity index (χ0) is 13.4. The Labute approximate surface area is 116 Å². The van der Waals surface area contributed by atoms with E-state index >= 15 is 0 Å². The van der Waals surface area contributed by atoms with E-state index in [9.17, 15) is 4.79 Å². The lowest BCUT2D eigenvalue weighted by Crippen LogP contribution is -2.56. The van der Waals surface area contributed by atoms with E-state index in [-0.39, 0.29) is 5.92 Å². The van der Waals surface area contributed by atoms with Gasteiger partial charge >= 0.3 is 0 Å². The summed E-state index contributed by atoms with van der Waals surface area (Å²) in [6.45, 7) is 8.70. The van der Waals surface area contributed by atoms with E-state index in [4.69, 9.17) is 0 Å². The second kappa shape index (κ2) is 5.41. The van der Waals surface area contributed by atoms with Crippen LogP contribution >= 0.6 is 0 Å². The van der Waals surface area contributed by atoms with Crippen LogP contribution in [0.4, 0.5) is 0 Å². The molecule has 108 valence electrons. The van der Waals surface area contributed by atoms with E-state index in [0.29, 0.717) is 24.0 Å². The van der Waals surface area contributed by atoms with Crippen LogP contribution in [0.15, 0.2) is 0 Å². The number of carbonyl (C=O) groups is 1. The first kappa shape index (κ1) is 13.4. The van der Waals surface area contributed by atoms with Crippen molar-refractivity contribution in [1.29, 1.82) is 0 Å². The molecular formula is C15H27N3O. The Morgan fingerprint density at radius 3 is 2.16 bits per heavy atom. The van der Waals surface area contributed by atoms with Gasteiger partial charge in [-0.15, -0.1) is 0 Å². The average molecular weight is 265 g/mol. The minimum Gasteiger partial charge on any atom is -0.334 e. The summed E-state index contributed by atoms with van der Waals surface area (Å²) < 4.78 is 0. The molecule has 4 heteroatoms. The average Bonchev–Trinajstić information content (AvgIpc) is 2.67. The van der Waals surface area contributed by atoms with Crippen molar-refractivity contribution in [3.8, 4) is 0 Å². The number of rotatable bonds is 2. The van der Waals surface area contributed by atoms with Gasteiger partial charge < -0.3 is 15.1 Å². The van der Waals surface area contributed by atoms with Gasteiger partial charge in [0.1, 0.15) is 0 Å². The van der Waals surface area contributed by atoms with Crippen LogP contribution in [0.2, 0.25) is 0 Å². The van der Waals surface area contributed by atoms with Crippen LogP contribution in [-0.2, 0) is 4.79 Å². The fraction of sp³-hybridized carbons (Fsp3) is 0.933. The molecule has 2 bridgehead atoms. The van der Waals surface area contributed by atoms with Crippen molar-refractivity contribution in [2.45, 2.75) is 57.7 Å². The van der Waals surface area contributed by atoms with E-state index in [2.05, 4.69) is 29.0 Å². The first-order chi connectivity index (χ1) is 9.16. The van der Waals surface area contributed by atoms with Crippen molar-refractivity contribution in [3.05, 3.63) is 0 Å². The smallest absolute Gasteiger partial charge is 0.226 e. The van der Waals surface area contributed by atoms with Crippen LogP contribution in [0.5, 0.6) is 0 Å². The van der Waals surface area contributed by atoms with E-state index in [1.807, 2.05) is 0 Å². The van der Waals surface area contributed by atoms with E-state index in [1.165, 1.54) is 12.8 Å². The lowest BCUT2D eigenvalue weighted by molar-refractivity contribution is -0.141. The van der Waals surface area contributed by atoms with Crippen molar-refractivity contribution in [3.63, 3.8) is 0 Å². The molecule has 4 nitrogen and oxygen atoms in total. The molecule has 1 N–H and O–H groups in total. The number of nitrogens with one attached hydrogen (secondary N) is 1. The molecule has 2 atom stereocenters. The van der Waals surface area contributed by atoms with Crippen LogP contribution in [0.25, 0.3) is 0 Å². The molecule has 0 aromatic carbocycles. The fourth-order valence-corrected chi connectivity index (χ4v) is 4.01. The Bertz CT molecular complexity index is 320. The number of hydrogen-bond donors (Lipinski definition) is 1. The highest BCUT2D eigenvalue weighted by Gasteiger charge is 2.42. The maximum Gasteiger partial charge on any atom is 0.226 e. The molecule has 0 aliphatic carbocycles. The van der Waals surface area contributed by atoms with Gasteiger partial charge in [0.15, 0.2) is 0 Å². The molecule has 19 heavy (non-hydrogen) atoms. The molecule has 0 aromatic heterocycles. The SMILES string of the molecule is CC(C)N1CCC(C(=O)N2C3CCC2CNC3)CC1. The van der Waals surface area contributed by atoms with Crippen LogP contribution in [-0.4, -0.2) is 60.0 Å². The molecule has 1 amide bonds. The largest absolute Gasteiger partial charge is 0.334 e. The molecular weight excluding hydrogens is 238 g/mol. The summed E-state index contributed by atoms with van der Waals surface area (Å²) in [5.74, 6) is 0.744. The van der Waals surface area contributed by atoms with Crippen molar-refractivity contribution < 1.29 is 4.79 Å². The zero-order valence-electron chi connectivity index (χ0n) is 12.3. The minimum atomic E-state index is 0.288. The Kier molecular flexibility index (Phi) is 3.81. The van der Waals surface area contributed by atoms with Gasteiger partial charge in [-0.3, -0.25) is 4.79 Å². The predicted molar refractivity (Wildman–Crippen MR) is 76.0 cm³/mol. The zero-order valence-corrected chi connectivity index (χ0v) is 12.3. The fourth-order valence-electron chi connectivity index (χ4n) is 4.01. The van der Waals surface area contributed by atoms with E-state index in [1.54, 1.807) is 0 Å². The van der Waals surface area contributed by atoms with Gasteiger partial charge in [-0.2, -0.15) is 0 Å². The summed E-state index contributed by atoms with van der Waals surface area (Å²) in [5, 5.41) is 3.45. The summed E-state index contributed by atoms with van der Waals surface area (Å²) in [6, 6.07) is 1.58. The first-order valence-electron chi connectivity index (χ1n) is 7.93. The standard InChI is InChI=1S/C15H27N3O/c1-11(2)17-7-5-12(6-8-17)15(19)18-13-3-4-14(18)10-16-9-13/h11-14,16H,3-10H2,1-2H3. The molecule has 0 spiro atoms. The van der Waals surface area contributed by atoms with Crippen molar-refractivity contribution >= 4 is 5.91 Å². The normalized spacial score (nSPS) is 33.1. The highest BCUT2D eigenvalue weighted by atomic mass is 16.2. The van der Waals surface area contributed by atoms with Crippen LogP contribution in [0.1, 0.15) is 39.5 Å². The molecule has 0 radical (unpaired) electrons. The Hall–Kier alpha value is -0.610. The molecule has 3 heterocycles. The maximum atomic E-state index is 12.8. The number of carbonyl (C=O) groups excluding carboxylic acids is 1. The van der Waals surface area contributed by atoms with Crippen molar-refractivity contribution in [2.75, 3.05) is 26.2 Å². The van der Waals surface area contributed by atoms with Gasteiger partial charge in [-0.05, 0) is 52.6 Å². The van der Waals surface area contributed by atoms with Gasteiger partial charge in [-0.25, -0.2) is 0 Å². The molecule has 3 aliphatic rings. The van der Waals surface area contributed by atoms with Crippen LogP contribution in [0, 0.1) is 5.92 Å². The third-order valence-electron chi connectivity index (χ3n) is 5.24. The number of piperazine rings is 1.